The van der Waals surface area contributed by atoms with E-state index in [0.29, 0.717) is 6.54 Å². The highest BCUT2D eigenvalue weighted by atomic mass is 35.5. The Morgan fingerprint density at radius 1 is 1.00 bits per heavy atom. The maximum absolute atomic E-state index is 6.08. The van der Waals surface area contributed by atoms with Crippen LogP contribution in [0.15, 0.2) is 54.6 Å². The second-order valence-corrected chi connectivity index (χ2v) is 6.23. The SMILES string of the molecule is NCCc1sc(-c2cccc(Cl)c2)nc1-c1ccccc1. The molecule has 0 bridgehead atoms. The van der Waals surface area contributed by atoms with Crippen LogP contribution < -0.4 is 5.73 Å². The lowest BCUT2D eigenvalue weighted by Gasteiger charge is -2.00. The number of hydrogen-bond acceptors (Lipinski definition) is 3. The third-order valence-corrected chi connectivity index (χ3v) is 4.59. The molecule has 4 heteroatoms. The van der Waals surface area contributed by atoms with E-state index in [0.717, 1.165) is 33.3 Å². The van der Waals surface area contributed by atoms with Gasteiger partial charge in [0, 0.05) is 21.0 Å². The van der Waals surface area contributed by atoms with E-state index in [1.807, 2.05) is 42.5 Å². The van der Waals surface area contributed by atoms with Crippen LogP contribution in [0.2, 0.25) is 5.02 Å². The van der Waals surface area contributed by atoms with Crippen molar-refractivity contribution in [2.24, 2.45) is 5.73 Å². The van der Waals surface area contributed by atoms with Crippen molar-refractivity contribution < 1.29 is 0 Å². The Morgan fingerprint density at radius 3 is 2.48 bits per heavy atom. The molecule has 2 nitrogen and oxygen atoms in total. The summed E-state index contributed by atoms with van der Waals surface area (Å²) in [5.41, 5.74) is 8.95. The van der Waals surface area contributed by atoms with Gasteiger partial charge in [0.15, 0.2) is 0 Å². The Morgan fingerprint density at radius 2 is 1.76 bits per heavy atom. The van der Waals surface area contributed by atoms with Gasteiger partial charge in [-0.05, 0) is 25.1 Å². The van der Waals surface area contributed by atoms with Crippen molar-refractivity contribution in [1.29, 1.82) is 0 Å². The van der Waals surface area contributed by atoms with Gasteiger partial charge in [0.25, 0.3) is 0 Å². The van der Waals surface area contributed by atoms with Crippen molar-refractivity contribution in [2.45, 2.75) is 6.42 Å². The summed E-state index contributed by atoms with van der Waals surface area (Å²) in [5, 5.41) is 1.71. The van der Waals surface area contributed by atoms with Crippen LogP contribution in [0.25, 0.3) is 21.8 Å². The molecule has 3 aromatic rings. The predicted octanol–water partition coefficient (Wildman–Crippen LogP) is 4.63. The molecule has 0 saturated carbocycles. The van der Waals surface area contributed by atoms with Crippen LogP contribution in [0, 0.1) is 0 Å². The second kappa shape index (κ2) is 6.39. The van der Waals surface area contributed by atoms with E-state index in [1.54, 1.807) is 11.3 Å². The molecule has 0 atom stereocenters. The third kappa shape index (κ3) is 3.16. The van der Waals surface area contributed by atoms with Gasteiger partial charge in [0.1, 0.15) is 5.01 Å². The van der Waals surface area contributed by atoms with Crippen molar-refractivity contribution in [3.05, 3.63) is 64.5 Å². The van der Waals surface area contributed by atoms with E-state index in [1.165, 1.54) is 4.88 Å². The number of benzene rings is 2. The van der Waals surface area contributed by atoms with Crippen molar-refractivity contribution in [2.75, 3.05) is 6.54 Å². The maximum atomic E-state index is 6.08. The Balaban J connectivity index is 2.08. The average molecular weight is 315 g/mol. The Hall–Kier alpha value is -1.68. The van der Waals surface area contributed by atoms with Crippen molar-refractivity contribution in [3.8, 4) is 21.8 Å². The van der Waals surface area contributed by atoms with Crippen LogP contribution in [-0.4, -0.2) is 11.5 Å². The normalized spacial score (nSPS) is 10.8. The van der Waals surface area contributed by atoms with Crippen molar-refractivity contribution in [1.82, 2.24) is 4.98 Å². The lowest BCUT2D eigenvalue weighted by molar-refractivity contribution is 0.986. The fourth-order valence-electron chi connectivity index (χ4n) is 2.22. The minimum absolute atomic E-state index is 0.622. The van der Waals surface area contributed by atoms with Gasteiger partial charge in [-0.15, -0.1) is 11.3 Å². The average Bonchev–Trinajstić information content (AvgIpc) is 2.93. The van der Waals surface area contributed by atoms with Crippen LogP contribution >= 0.6 is 22.9 Å². The lowest BCUT2D eigenvalue weighted by Crippen LogP contribution is -2.02. The minimum atomic E-state index is 0.622. The molecule has 0 amide bonds. The fraction of sp³-hybridized carbons (Fsp3) is 0.118. The smallest absolute Gasteiger partial charge is 0.124 e. The predicted molar refractivity (Wildman–Crippen MR) is 90.8 cm³/mol. The van der Waals surface area contributed by atoms with Crippen LogP contribution in [-0.2, 0) is 6.42 Å². The monoisotopic (exact) mass is 314 g/mol. The molecule has 0 fully saturated rings. The topological polar surface area (TPSA) is 38.9 Å². The maximum Gasteiger partial charge on any atom is 0.124 e. The quantitative estimate of drug-likeness (QED) is 0.762. The number of nitrogens with two attached hydrogens (primary N) is 1. The summed E-state index contributed by atoms with van der Waals surface area (Å²) < 4.78 is 0. The number of thiazole rings is 1. The number of hydrogen-bond donors (Lipinski definition) is 1. The van der Waals surface area contributed by atoms with Gasteiger partial charge in [-0.25, -0.2) is 4.98 Å². The molecular weight excluding hydrogens is 300 g/mol. The Labute approximate surface area is 133 Å². The van der Waals surface area contributed by atoms with Gasteiger partial charge in [-0.2, -0.15) is 0 Å². The number of rotatable bonds is 4. The van der Waals surface area contributed by atoms with Gasteiger partial charge in [-0.3, -0.25) is 0 Å². The number of nitrogens with zero attached hydrogens (tertiary/aromatic N) is 1. The molecule has 0 saturated heterocycles. The third-order valence-electron chi connectivity index (χ3n) is 3.19. The molecular formula is C17H15ClN2S. The summed E-state index contributed by atoms with van der Waals surface area (Å²) in [6.45, 7) is 0.622. The Kier molecular flexibility index (Phi) is 4.34. The molecule has 1 heterocycles. The largest absolute Gasteiger partial charge is 0.330 e. The minimum Gasteiger partial charge on any atom is -0.330 e. The number of halogens is 1. The standard InChI is InChI=1S/C17H15ClN2S/c18-14-8-4-7-13(11-14)17-20-16(15(21-17)9-10-19)12-5-2-1-3-6-12/h1-8,11H,9-10,19H2. The molecule has 0 aliphatic carbocycles. The first kappa shape index (κ1) is 14.3. The fourth-order valence-corrected chi connectivity index (χ4v) is 3.50. The van der Waals surface area contributed by atoms with Gasteiger partial charge in [-0.1, -0.05) is 54.1 Å². The molecule has 0 aliphatic heterocycles. The molecule has 0 unspecified atom stereocenters. The first-order chi connectivity index (χ1) is 10.3. The molecule has 0 aliphatic rings. The molecule has 0 radical (unpaired) electrons. The molecule has 3 rings (SSSR count). The molecule has 1 aromatic heterocycles. The van der Waals surface area contributed by atoms with Crippen LogP contribution in [0.3, 0.4) is 0 Å². The highest BCUT2D eigenvalue weighted by Gasteiger charge is 2.13. The van der Waals surface area contributed by atoms with Crippen molar-refractivity contribution >= 4 is 22.9 Å². The van der Waals surface area contributed by atoms with E-state index in [9.17, 15) is 0 Å². The summed E-state index contributed by atoms with van der Waals surface area (Å²) in [5.74, 6) is 0. The zero-order valence-electron chi connectivity index (χ0n) is 11.4. The molecule has 0 spiro atoms. The zero-order chi connectivity index (χ0) is 14.7. The highest BCUT2D eigenvalue weighted by Crippen LogP contribution is 2.34. The summed E-state index contributed by atoms with van der Waals surface area (Å²) >= 11 is 7.77. The van der Waals surface area contributed by atoms with Crippen LogP contribution in [0.1, 0.15) is 4.88 Å². The highest BCUT2D eigenvalue weighted by molar-refractivity contribution is 7.15. The molecule has 2 N–H and O–H groups in total. The van der Waals surface area contributed by atoms with Gasteiger partial charge < -0.3 is 5.73 Å². The van der Waals surface area contributed by atoms with Gasteiger partial charge in [0.2, 0.25) is 0 Å². The van der Waals surface area contributed by atoms with E-state index >= 15 is 0 Å². The molecule has 2 aromatic carbocycles. The number of aromatic nitrogens is 1. The van der Waals surface area contributed by atoms with E-state index < -0.39 is 0 Å². The first-order valence-corrected chi connectivity index (χ1v) is 7.98. The lowest BCUT2D eigenvalue weighted by atomic mass is 10.1. The second-order valence-electron chi connectivity index (χ2n) is 4.71. The first-order valence-electron chi connectivity index (χ1n) is 6.79. The summed E-state index contributed by atoms with van der Waals surface area (Å²) in [6.07, 6.45) is 0.836. The van der Waals surface area contributed by atoms with Gasteiger partial charge in [0.05, 0.1) is 5.69 Å². The van der Waals surface area contributed by atoms with Crippen LogP contribution in [0.5, 0.6) is 0 Å². The van der Waals surface area contributed by atoms with E-state index in [2.05, 4.69) is 12.1 Å². The van der Waals surface area contributed by atoms with E-state index in [4.69, 9.17) is 22.3 Å². The summed E-state index contributed by atoms with van der Waals surface area (Å²) in [4.78, 5) is 6.04. The van der Waals surface area contributed by atoms with Gasteiger partial charge >= 0.3 is 0 Å². The summed E-state index contributed by atoms with van der Waals surface area (Å²) in [6, 6.07) is 18.0. The Bertz CT molecular complexity index is 738. The molecule has 106 valence electrons. The van der Waals surface area contributed by atoms with Crippen molar-refractivity contribution in [3.63, 3.8) is 0 Å². The van der Waals surface area contributed by atoms with Crippen LogP contribution in [0.4, 0.5) is 0 Å². The summed E-state index contributed by atoms with van der Waals surface area (Å²) in [7, 11) is 0. The molecule has 21 heavy (non-hydrogen) atoms. The zero-order valence-corrected chi connectivity index (χ0v) is 13.0. The van der Waals surface area contributed by atoms with E-state index in [-0.39, 0.29) is 0 Å².